The summed E-state index contributed by atoms with van der Waals surface area (Å²) in [6, 6.07) is 8.41. The minimum absolute atomic E-state index is 0.0603. The summed E-state index contributed by atoms with van der Waals surface area (Å²) in [4.78, 5) is 54.2. The Labute approximate surface area is 178 Å². The molecule has 1 saturated heterocycles. The zero-order valence-corrected chi connectivity index (χ0v) is 17.2. The van der Waals surface area contributed by atoms with Crippen LogP contribution in [0.3, 0.4) is 0 Å². The largest absolute Gasteiger partial charge is 0.353 e. The quantitative estimate of drug-likeness (QED) is 0.694. The fourth-order valence-corrected chi connectivity index (χ4v) is 4.31. The van der Waals surface area contributed by atoms with Crippen LogP contribution in [0.2, 0.25) is 0 Å². The number of nitrogens with one attached hydrogen (secondary N) is 1. The fourth-order valence-electron chi connectivity index (χ4n) is 3.68. The second-order valence-corrected chi connectivity index (χ2v) is 8.02. The molecule has 2 aromatic rings. The highest BCUT2D eigenvalue weighted by Crippen LogP contribution is 2.21. The molecule has 8 nitrogen and oxygen atoms in total. The van der Waals surface area contributed by atoms with E-state index >= 15 is 0 Å². The summed E-state index contributed by atoms with van der Waals surface area (Å²) in [5.74, 6) is -1.17. The molecule has 2 aliphatic heterocycles. The van der Waals surface area contributed by atoms with Crippen LogP contribution in [0.5, 0.6) is 0 Å². The summed E-state index contributed by atoms with van der Waals surface area (Å²) < 4.78 is 0. The molecule has 9 heteroatoms. The lowest BCUT2D eigenvalue weighted by atomic mass is 10.1. The van der Waals surface area contributed by atoms with Crippen LogP contribution in [0.4, 0.5) is 0 Å². The Morgan fingerprint density at radius 1 is 0.967 bits per heavy atom. The first-order valence-electron chi connectivity index (χ1n) is 9.80. The van der Waals surface area contributed by atoms with Gasteiger partial charge in [0.1, 0.15) is 6.54 Å². The molecule has 0 unspecified atom stereocenters. The second-order valence-electron chi connectivity index (χ2n) is 7.24. The molecular formula is C21H22N4O4S. The monoisotopic (exact) mass is 426 g/mol. The van der Waals surface area contributed by atoms with Gasteiger partial charge in [-0.05, 0) is 23.6 Å². The average molecular weight is 426 g/mol. The molecule has 0 spiro atoms. The average Bonchev–Trinajstić information content (AvgIpc) is 3.38. The van der Waals surface area contributed by atoms with Gasteiger partial charge < -0.3 is 10.2 Å². The smallest absolute Gasteiger partial charge is 0.262 e. The molecule has 156 valence electrons. The molecule has 1 N–H and O–H groups in total. The van der Waals surface area contributed by atoms with Crippen molar-refractivity contribution in [1.82, 2.24) is 20.0 Å². The van der Waals surface area contributed by atoms with E-state index in [2.05, 4.69) is 10.2 Å². The topological polar surface area (TPSA) is 90.0 Å². The van der Waals surface area contributed by atoms with E-state index in [1.54, 1.807) is 24.3 Å². The highest BCUT2D eigenvalue weighted by Gasteiger charge is 2.36. The number of rotatable bonds is 6. The van der Waals surface area contributed by atoms with E-state index in [9.17, 15) is 19.2 Å². The van der Waals surface area contributed by atoms with Gasteiger partial charge in [-0.15, -0.1) is 0 Å². The van der Waals surface area contributed by atoms with Crippen molar-refractivity contribution in [2.24, 2.45) is 0 Å². The van der Waals surface area contributed by atoms with Crippen molar-refractivity contribution in [3.8, 4) is 0 Å². The summed E-state index contributed by atoms with van der Waals surface area (Å²) in [7, 11) is 0. The van der Waals surface area contributed by atoms with Crippen LogP contribution in [0.1, 0.15) is 31.1 Å². The summed E-state index contributed by atoms with van der Waals surface area (Å²) in [5.41, 5.74) is 1.41. The minimum Gasteiger partial charge on any atom is -0.353 e. The van der Waals surface area contributed by atoms with Crippen LogP contribution in [0.25, 0.3) is 0 Å². The Morgan fingerprint density at radius 3 is 2.23 bits per heavy atom. The Kier molecular flexibility index (Phi) is 5.91. The predicted molar refractivity (Wildman–Crippen MR) is 111 cm³/mol. The van der Waals surface area contributed by atoms with Crippen LogP contribution in [0.15, 0.2) is 41.1 Å². The predicted octanol–water partition coefficient (Wildman–Crippen LogP) is 0.918. The van der Waals surface area contributed by atoms with Gasteiger partial charge >= 0.3 is 0 Å². The van der Waals surface area contributed by atoms with E-state index in [1.807, 2.05) is 21.7 Å². The first-order chi connectivity index (χ1) is 14.5. The molecule has 1 aromatic carbocycles. The standard InChI is InChI=1S/C21H22N4O4S/c26-18(13-25-20(28)16-3-1-2-4-17(16)21(25)29)22-6-7-23-8-10-24(11-9-23)19(27)15-5-12-30-14-15/h1-5,12,14H,6-11,13H2,(H,22,26). The molecule has 0 aliphatic carbocycles. The Balaban J connectivity index is 1.19. The fraction of sp³-hybridized carbons (Fsp3) is 0.333. The van der Waals surface area contributed by atoms with Crippen molar-refractivity contribution in [2.75, 3.05) is 45.8 Å². The lowest BCUT2D eigenvalue weighted by Gasteiger charge is -2.34. The second kappa shape index (κ2) is 8.76. The SMILES string of the molecule is O=C(CN1C(=O)c2ccccc2C1=O)NCCN1CCN(C(=O)c2ccsc2)CC1. The van der Waals surface area contributed by atoms with E-state index in [1.165, 1.54) is 11.3 Å². The summed E-state index contributed by atoms with van der Waals surface area (Å²) in [6.07, 6.45) is 0. The zero-order valence-electron chi connectivity index (χ0n) is 16.4. The van der Waals surface area contributed by atoms with Gasteiger partial charge in [-0.1, -0.05) is 12.1 Å². The van der Waals surface area contributed by atoms with Crippen molar-refractivity contribution in [3.63, 3.8) is 0 Å². The molecule has 1 fully saturated rings. The first kappa shape index (κ1) is 20.2. The molecule has 0 bridgehead atoms. The number of hydrogen-bond acceptors (Lipinski definition) is 6. The van der Waals surface area contributed by atoms with Crippen LogP contribution in [-0.4, -0.2) is 84.1 Å². The normalized spacial score (nSPS) is 16.7. The highest BCUT2D eigenvalue weighted by molar-refractivity contribution is 7.08. The van der Waals surface area contributed by atoms with Crippen LogP contribution in [-0.2, 0) is 4.79 Å². The molecule has 30 heavy (non-hydrogen) atoms. The van der Waals surface area contributed by atoms with E-state index < -0.39 is 11.8 Å². The third-order valence-corrected chi connectivity index (χ3v) is 6.04. The number of hydrogen-bond donors (Lipinski definition) is 1. The van der Waals surface area contributed by atoms with Gasteiger partial charge in [0.25, 0.3) is 17.7 Å². The van der Waals surface area contributed by atoms with E-state index in [0.29, 0.717) is 37.3 Å². The van der Waals surface area contributed by atoms with Crippen molar-refractivity contribution in [3.05, 3.63) is 57.8 Å². The number of nitrogens with zero attached hydrogens (tertiary/aromatic N) is 3. The maximum Gasteiger partial charge on any atom is 0.262 e. The molecule has 0 atom stereocenters. The molecule has 2 aliphatic rings. The van der Waals surface area contributed by atoms with Crippen LogP contribution < -0.4 is 5.32 Å². The number of carbonyl (C=O) groups is 4. The van der Waals surface area contributed by atoms with Gasteiger partial charge in [0.15, 0.2) is 0 Å². The third kappa shape index (κ3) is 4.12. The maximum absolute atomic E-state index is 12.4. The number of thiophene rings is 1. The third-order valence-electron chi connectivity index (χ3n) is 5.36. The van der Waals surface area contributed by atoms with E-state index in [0.717, 1.165) is 23.6 Å². The molecule has 1 aromatic heterocycles. The molecule has 4 amide bonds. The molecule has 4 rings (SSSR count). The van der Waals surface area contributed by atoms with E-state index in [4.69, 9.17) is 0 Å². The number of benzene rings is 1. The summed E-state index contributed by atoms with van der Waals surface area (Å²) >= 11 is 1.51. The van der Waals surface area contributed by atoms with Gasteiger partial charge in [0.2, 0.25) is 5.91 Å². The van der Waals surface area contributed by atoms with Gasteiger partial charge in [-0.25, -0.2) is 0 Å². The van der Waals surface area contributed by atoms with Gasteiger partial charge in [-0.2, -0.15) is 11.3 Å². The van der Waals surface area contributed by atoms with Crippen LogP contribution >= 0.6 is 11.3 Å². The highest BCUT2D eigenvalue weighted by atomic mass is 32.1. The molecule has 3 heterocycles. The number of amides is 4. The Hall–Kier alpha value is -3.04. The van der Waals surface area contributed by atoms with Gasteiger partial charge in [0, 0.05) is 44.6 Å². The molecular weight excluding hydrogens is 404 g/mol. The van der Waals surface area contributed by atoms with Gasteiger partial charge in [-0.3, -0.25) is 29.0 Å². The Bertz CT molecular complexity index is 932. The zero-order chi connectivity index (χ0) is 21.1. The lowest BCUT2D eigenvalue weighted by molar-refractivity contribution is -0.121. The number of imide groups is 1. The number of piperazine rings is 1. The first-order valence-corrected chi connectivity index (χ1v) is 10.7. The minimum atomic E-state index is -0.433. The summed E-state index contributed by atoms with van der Waals surface area (Å²) in [6.45, 7) is 3.56. The Morgan fingerprint density at radius 2 is 1.63 bits per heavy atom. The van der Waals surface area contributed by atoms with Crippen molar-refractivity contribution >= 4 is 35.0 Å². The van der Waals surface area contributed by atoms with E-state index in [-0.39, 0.29) is 18.4 Å². The van der Waals surface area contributed by atoms with Crippen molar-refractivity contribution in [2.45, 2.75) is 0 Å². The number of fused-ring (bicyclic) bond motifs is 1. The summed E-state index contributed by atoms with van der Waals surface area (Å²) in [5, 5.41) is 6.53. The maximum atomic E-state index is 12.4. The molecule has 0 saturated carbocycles. The number of carbonyl (C=O) groups excluding carboxylic acids is 4. The van der Waals surface area contributed by atoms with Crippen molar-refractivity contribution in [1.29, 1.82) is 0 Å². The molecule has 0 radical (unpaired) electrons. The van der Waals surface area contributed by atoms with Crippen molar-refractivity contribution < 1.29 is 19.2 Å². The lowest BCUT2D eigenvalue weighted by Crippen LogP contribution is -2.50. The van der Waals surface area contributed by atoms with Gasteiger partial charge in [0.05, 0.1) is 16.7 Å². The van der Waals surface area contributed by atoms with Crippen LogP contribution in [0, 0.1) is 0 Å².